The molecule has 1 heterocycles. The molecule has 114 valence electrons. The van der Waals surface area contributed by atoms with E-state index in [1.54, 1.807) is 0 Å². The molecule has 1 aliphatic heterocycles. The summed E-state index contributed by atoms with van der Waals surface area (Å²) in [5.41, 5.74) is 4.53. The Morgan fingerprint density at radius 2 is 2.19 bits per heavy atom. The fourth-order valence-electron chi connectivity index (χ4n) is 4.15. The summed E-state index contributed by atoms with van der Waals surface area (Å²) >= 11 is 0. The SMILES string of the molecule is CC(C)=CCN1CC[C@]2(C)Cc3cc(O)ccc3[C@@H]1C2C. The van der Waals surface area contributed by atoms with E-state index < -0.39 is 0 Å². The van der Waals surface area contributed by atoms with Gasteiger partial charge in [-0.3, -0.25) is 4.90 Å². The third-order valence-electron chi connectivity index (χ3n) is 5.71. The highest BCUT2D eigenvalue weighted by molar-refractivity contribution is 5.41. The van der Waals surface area contributed by atoms with Crippen LogP contribution in [0.25, 0.3) is 0 Å². The van der Waals surface area contributed by atoms with Gasteiger partial charge in [-0.1, -0.05) is 31.6 Å². The molecule has 0 aromatic heterocycles. The van der Waals surface area contributed by atoms with Crippen LogP contribution in [0.5, 0.6) is 5.75 Å². The smallest absolute Gasteiger partial charge is 0.115 e. The number of hydrogen-bond acceptors (Lipinski definition) is 2. The number of phenolic OH excluding ortho intramolecular Hbond substituents is 1. The van der Waals surface area contributed by atoms with Crippen molar-refractivity contribution in [2.75, 3.05) is 13.1 Å². The van der Waals surface area contributed by atoms with Gasteiger partial charge in [0.25, 0.3) is 0 Å². The molecular formula is C19H27NO. The fourth-order valence-corrected chi connectivity index (χ4v) is 4.15. The lowest BCUT2D eigenvalue weighted by atomic mass is 9.60. The Bertz CT molecular complexity index is 573. The van der Waals surface area contributed by atoms with Crippen molar-refractivity contribution in [3.8, 4) is 5.75 Å². The van der Waals surface area contributed by atoms with Crippen molar-refractivity contribution < 1.29 is 5.11 Å². The van der Waals surface area contributed by atoms with E-state index in [2.05, 4.69) is 44.7 Å². The Hall–Kier alpha value is -1.28. The molecule has 1 unspecified atom stereocenters. The zero-order valence-corrected chi connectivity index (χ0v) is 13.7. The molecule has 0 saturated carbocycles. The Kier molecular flexibility index (Phi) is 3.61. The summed E-state index contributed by atoms with van der Waals surface area (Å²) in [4.78, 5) is 2.62. The first-order valence-electron chi connectivity index (χ1n) is 8.10. The minimum Gasteiger partial charge on any atom is -0.508 e. The highest BCUT2D eigenvalue weighted by Gasteiger charge is 2.47. The number of aromatic hydroxyl groups is 1. The van der Waals surface area contributed by atoms with Crippen LogP contribution >= 0.6 is 0 Å². The molecule has 0 spiro atoms. The maximum Gasteiger partial charge on any atom is 0.115 e. The number of fused-ring (bicyclic) bond motifs is 4. The number of likely N-dealkylation sites (tertiary alicyclic amines) is 1. The molecular weight excluding hydrogens is 258 g/mol. The van der Waals surface area contributed by atoms with Gasteiger partial charge in [-0.2, -0.15) is 0 Å². The molecule has 1 aromatic carbocycles. The van der Waals surface area contributed by atoms with E-state index in [4.69, 9.17) is 0 Å². The summed E-state index contributed by atoms with van der Waals surface area (Å²) < 4.78 is 0. The van der Waals surface area contributed by atoms with Crippen LogP contribution in [0, 0.1) is 11.3 Å². The largest absolute Gasteiger partial charge is 0.508 e. The van der Waals surface area contributed by atoms with Crippen molar-refractivity contribution in [1.29, 1.82) is 0 Å². The van der Waals surface area contributed by atoms with Crippen LogP contribution in [0.4, 0.5) is 0 Å². The molecule has 1 aromatic rings. The number of rotatable bonds is 2. The first-order chi connectivity index (χ1) is 9.90. The van der Waals surface area contributed by atoms with Crippen molar-refractivity contribution in [3.63, 3.8) is 0 Å². The van der Waals surface area contributed by atoms with Gasteiger partial charge < -0.3 is 5.11 Å². The van der Waals surface area contributed by atoms with Gasteiger partial charge in [0, 0.05) is 12.6 Å². The van der Waals surface area contributed by atoms with Gasteiger partial charge in [-0.15, -0.1) is 0 Å². The molecule has 21 heavy (non-hydrogen) atoms. The van der Waals surface area contributed by atoms with Gasteiger partial charge >= 0.3 is 0 Å². The molecule has 2 aliphatic rings. The van der Waals surface area contributed by atoms with Crippen LogP contribution in [-0.4, -0.2) is 23.1 Å². The normalized spacial score (nSPS) is 31.6. The Labute approximate surface area is 128 Å². The Balaban J connectivity index is 2.01. The molecule has 2 bridgehead atoms. The average Bonchev–Trinajstić information content (AvgIpc) is 2.40. The van der Waals surface area contributed by atoms with E-state index >= 15 is 0 Å². The van der Waals surface area contributed by atoms with Gasteiger partial charge in [0.2, 0.25) is 0 Å². The van der Waals surface area contributed by atoms with Crippen molar-refractivity contribution in [2.45, 2.75) is 46.6 Å². The number of phenols is 1. The molecule has 0 radical (unpaired) electrons. The molecule has 1 aliphatic carbocycles. The van der Waals surface area contributed by atoms with Gasteiger partial charge in [-0.25, -0.2) is 0 Å². The lowest BCUT2D eigenvalue weighted by Gasteiger charge is -2.54. The van der Waals surface area contributed by atoms with Crippen molar-refractivity contribution in [1.82, 2.24) is 4.90 Å². The molecule has 1 fully saturated rings. The molecule has 0 amide bonds. The zero-order chi connectivity index (χ0) is 15.2. The lowest BCUT2D eigenvalue weighted by molar-refractivity contribution is -0.00746. The second-order valence-corrected chi connectivity index (χ2v) is 7.47. The maximum absolute atomic E-state index is 9.82. The molecule has 2 heteroatoms. The standard InChI is InChI=1S/C19H27NO/c1-13(2)7-9-20-10-8-19(4)12-15-11-16(21)5-6-17(15)18(20)14(19)3/h5-7,11,14,18,21H,8-10,12H2,1-4H3/t14?,18-,19+/m0/s1. The Morgan fingerprint density at radius 1 is 1.43 bits per heavy atom. The van der Waals surface area contributed by atoms with Gasteiger partial charge in [0.15, 0.2) is 0 Å². The third kappa shape index (κ3) is 2.50. The summed E-state index contributed by atoms with van der Waals surface area (Å²) in [6.45, 7) is 11.4. The van der Waals surface area contributed by atoms with Crippen molar-refractivity contribution >= 4 is 0 Å². The van der Waals surface area contributed by atoms with Crippen LogP contribution < -0.4 is 0 Å². The number of piperidine rings is 1. The second-order valence-electron chi connectivity index (χ2n) is 7.47. The maximum atomic E-state index is 9.82. The molecule has 3 rings (SSSR count). The van der Waals surface area contributed by atoms with E-state index in [1.807, 2.05) is 12.1 Å². The summed E-state index contributed by atoms with van der Waals surface area (Å²) in [5, 5.41) is 9.82. The lowest BCUT2D eigenvalue weighted by Crippen LogP contribution is -2.51. The van der Waals surface area contributed by atoms with Crippen LogP contribution in [0.3, 0.4) is 0 Å². The summed E-state index contributed by atoms with van der Waals surface area (Å²) in [5.74, 6) is 1.06. The highest BCUT2D eigenvalue weighted by atomic mass is 16.3. The number of nitrogens with zero attached hydrogens (tertiary/aromatic N) is 1. The van der Waals surface area contributed by atoms with E-state index in [-0.39, 0.29) is 0 Å². The summed E-state index contributed by atoms with van der Waals surface area (Å²) in [6.07, 6.45) is 4.69. The van der Waals surface area contributed by atoms with E-state index in [0.29, 0.717) is 23.1 Å². The molecule has 1 saturated heterocycles. The summed E-state index contributed by atoms with van der Waals surface area (Å²) in [7, 11) is 0. The van der Waals surface area contributed by atoms with Crippen molar-refractivity contribution in [2.24, 2.45) is 11.3 Å². The topological polar surface area (TPSA) is 23.5 Å². The molecule has 1 N–H and O–H groups in total. The first-order valence-corrected chi connectivity index (χ1v) is 8.10. The first kappa shape index (κ1) is 14.6. The van der Waals surface area contributed by atoms with Gasteiger partial charge in [0.05, 0.1) is 0 Å². The van der Waals surface area contributed by atoms with Crippen LogP contribution in [0.1, 0.15) is 51.3 Å². The fraction of sp³-hybridized carbons (Fsp3) is 0.579. The molecule has 2 nitrogen and oxygen atoms in total. The second kappa shape index (κ2) is 5.17. The van der Waals surface area contributed by atoms with E-state index in [0.717, 1.165) is 13.0 Å². The number of benzene rings is 1. The third-order valence-corrected chi connectivity index (χ3v) is 5.71. The van der Waals surface area contributed by atoms with E-state index in [1.165, 1.54) is 29.7 Å². The van der Waals surface area contributed by atoms with Gasteiger partial charge in [-0.05, 0) is 67.8 Å². The zero-order valence-electron chi connectivity index (χ0n) is 13.7. The highest BCUT2D eigenvalue weighted by Crippen LogP contribution is 2.53. The monoisotopic (exact) mass is 285 g/mol. The van der Waals surface area contributed by atoms with E-state index in [9.17, 15) is 5.11 Å². The Morgan fingerprint density at radius 3 is 2.90 bits per heavy atom. The predicted octanol–water partition coefficient (Wildman–Crippen LogP) is 4.30. The predicted molar refractivity (Wildman–Crippen MR) is 87.4 cm³/mol. The minimum atomic E-state index is 0.368. The molecule has 3 atom stereocenters. The van der Waals surface area contributed by atoms with Crippen LogP contribution in [-0.2, 0) is 6.42 Å². The minimum absolute atomic E-state index is 0.368. The van der Waals surface area contributed by atoms with Crippen molar-refractivity contribution in [3.05, 3.63) is 41.0 Å². The number of allylic oxidation sites excluding steroid dienone is 1. The van der Waals surface area contributed by atoms with Crippen LogP contribution in [0.2, 0.25) is 0 Å². The average molecular weight is 285 g/mol. The number of hydrogen-bond donors (Lipinski definition) is 1. The van der Waals surface area contributed by atoms with Crippen LogP contribution in [0.15, 0.2) is 29.8 Å². The van der Waals surface area contributed by atoms with Gasteiger partial charge in [0.1, 0.15) is 5.75 Å². The quantitative estimate of drug-likeness (QED) is 0.819. The summed E-state index contributed by atoms with van der Waals surface area (Å²) in [6, 6.07) is 6.47.